The minimum atomic E-state index is -4.46. The van der Waals surface area contributed by atoms with Crippen LogP contribution in [0.5, 0.6) is 5.75 Å². The van der Waals surface area contributed by atoms with Crippen LogP contribution in [-0.4, -0.2) is 39.8 Å². The first kappa shape index (κ1) is 22.2. The summed E-state index contributed by atoms with van der Waals surface area (Å²) < 4.78 is 57.0. The van der Waals surface area contributed by atoms with Crippen molar-refractivity contribution in [3.8, 4) is 17.0 Å². The number of alkyl halides is 3. The third kappa shape index (κ3) is 5.62. The summed E-state index contributed by atoms with van der Waals surface area (Å²) in [5.74, 6) is 0.205. The maximum atomic E-state index is 13.2. The Morgan fingerprint density at radius 1 is 0.970 bits per heavy atom. The van der Waals surface area contributed by atoms with Crippen molar-refractivity contribution in [3.63, 3.8) is 0 Å². The van der Waals surface area contributed by atoms with Gasteiger partial charge in [-0.1, -0.05) is 12.1 Å². The van der Waals surface area contributed by atoms with Crippen LogP contribution in [0.25, 0.3) is 22.4 Å². The number of fused-ring (bicyclic) bond motifs is 1. The molecule has 0 amide bonds. The second-order valence-electron chi connectivity index (χ2n) is 7.00. The number of benzene rings is 2. The Morgan fingerprint density at radius 2 is 1.76 bits per heavy atom. The van der Waals surface area contributed by atoms with E-state index in [4.69, 9.17) is 4.74 Å². The molecular formula is C22H18F4N6O. The zero-order chi connectivity index (χ0) is 23.4. The Morgan fingerprint density at radius 3 is 2.48 bits per heavy atom. The molecule has 0 bridgehead atoms. The van der Waals surface area contributed by atoms with E-state index in [9.17, 15) is 17.6 Å². The second-order valence-corrected chi connectivity index (χ2v) is 7.00. The monoisotopic (exact) mass is 458 g/mol. The number of hydrogen-bond donors (Lipinski definition) is 2. The van der Waals surface area contributed by atoms with E-state index in [1.807, 2.05) is 18.2 Å². The van der Waals surface area contributed by atoms with Crippen molar-refractivity contribution >= 4 is 22.9 Å². The molecule has 0 saturated carbocycles. The SMILES string of the molecule is COc1cccc(CNc2nc(NCC(F)(F)F)c3nc(-c4ccc(F)cc4)cnc3n2)c1. The Balaban J connectivity index is 1.68. The molecule has 2 heterocycles. The molecule has 170 valence electrons. The van der Waals surface area contributed by atoms with Gasteiger partial charge in [-0.15, -0.1) is 0 Å². The highest BCUT2D eigenvalue weighted by Gasteiger charge is 2.27. The maximum absolute atomic E-state index is 13.2. The number of hydrogen-bond acceptors (Lipinski definition) is 7. The zero-order valence-electron chi connectivity index (χ0n) is 17.3. The molecule has 0 atom stereocenters. The molecule has 2 aromatic heterocycles. The number of nitrogens with zero attached hydrogens (tertiary/aromatic N) is 4. The number of nitrogens with one attached hydrogen (secondary N) is 2. The molecule has 0 saturated heterocycles. The normalized spacial score (nSPS) is 11.4. The van der Waals surface area contributed by atoms with Crippen molar-refractivity contribution < 1.29 is 22.3 Å². The molecule has 11 heteroatoms. The van der Waals surface area contributed by atoms with Gasteiger partial charge in [0, 0.05) is 12.1 Å². The molecular weight excluding hydrogens is 440 g/mol. The Kier molecular flexibility index (Phi) is 6.20. The number of ether oxygens (including phenoxy) is 1. The van der Waals surface area contributed by atoms with E-state index in [1.54, 1.807) is 13.2 Å². The summed E-state index contributed by atoms with van der Waals surface area (Å²) in [6, 6.07) is 12.8. The third-order valence-corrected chi connectivity index (χ3v) is 4.59. The summed E-state index contributed by atoms with van der Waals surface area (Å²) in [6.45, 7) is -1.00. The summed E-state index contributed by atoms with van der Waals surface area (Å²) in [6.07, 6.45) is -3.05. The first-order valence-electron chi connectivity index (χ1n) is 9.79. The van der Waals surface area contributed by atoms with E-state index in [0.717, 1.165) is 5.56 Å². The summed E-state index contributed by atoms with van der Waals surface area (Å²) in [7, 11) is 1.55. The van der Waals surface area contributed by atoms with E-state index in [1.165, 1.54) is 30.5 Å². The van der Waals surface area contributed by atoms with Crippen molar-refractivity contribution in [1.29, 1.82) is 0 Å². The first-order chi connectivity index (χ1) is 15.8. The minimum Gasteiger partial charge on any atom is -0.497 e. The minimum absolute atomic E-state index is 0.0630. The molecule has 0 fully saturated rings. The van der Waals surface area contributed by atoms with Crippen LogP contribution in [-0.2, 0) is 6.54 Å². The van der Waals surface area contributed by atoms with E-state index < -0.39 is 18.5 Å². The van der Waals surface area contributed by atoms with Crippen LogP contribution < -0.4 is 15.4 Å². The van der Waals surface area contributed by atoms with E-state index in [2.05, 4.69) is 30.6 Å². The molecule has 33 heavy (non-hydrogen) atoms. The van der Waals surface area contributed by atoms with E-state index in [-0.39, 0.29) is 22.9 Å². The van der Waals surface area contributed by atoms with Gasteiger partial charge in [-0.25, -0.2) is 14.4 Å². The molecule has 0 aliphatic carbocycles. The molecule has 2 aromatic carbocycles. The molecule has 0 unspecified atom stereocenters. The average molecular weight is 458 g/mol. The van der Waals surface area contributed by atoms with Crippen LogP contribution in [0.3, 0.4) is 0 Å². The summed E-state index contributed by atoms with van der Waals surface area (Å²) in [5.41, 5.74) is 1.92. The number of rotatable bonds is 7. The highest BCUT2D eigenvalue weighted by molar-refractivity contribution is 5.85. The lowest BCUT2D eigenvalue weighted by molar-refractivity contribution is -0.115. The van der Waals surface area contributed by atoms with Gasteiger partial charge in [-0.05, 0) is 42.0 Å². The van der Waals surface area contributed by atoms with Gasteiger partial charge in [0.15, 0.2) is 17.0 Å². The second kappa shape index (κ2) is 9.23. The summed E-state index contributed by atoms with van der Waals surface area (Å²) in [5, 5.41) is 5.26. The highest BCUT2D eigenvalue weighted by atomic mass is 19.4. The maximum Gasteiger partial charge on any atom is 0.405 e. The molecule has 2 N–H and O–H groups in total. The number of anilines is 2. The fraction of sp³-hybridized carbons (Fsp3) is 0.182. The zero-order valence-corrected chi connectivity index (χ0v) is 17.3. The Hall–Kier alpha value is -4.02. The lowest BCUT2D eigenvalue weighted by atomic mass is 10.1. The summed E-state index contributed by atoms with van der Waals surface area (Å²) >= 11 is 0. The highest BCUT2D eigenvalue weighted by Crippen LogP contribution is 2.25. The fourth-order valence-electron chi connectivity index (χ4n) is 3.02. The van der Waals surface area contributed by atoms with Gasteiger partial charge in [-0.2, -0.15) is 23.1 Å². The van der Waals surface area contributed by atoms with E-state index >= 15 is 0 Å². The topological polar surface area (TPSA) is 84.9 Å². The van der Waals surface area contributed by atoms with Crippen LogP contribution >= 0.6 is 0 Å². The van der Waals surface area contributed by atoms with Crippen LogP contribution in [0.4, 0.5) is 29.3 Å². The molecule has 4 rings (SSSR count). The van der Waals surface area contributed by atoms with Crippen molar-refractivity contribution in [2.75, 3.05) is 24.3 Å². The number of methoxy groups -OCH3 is 1. The Labute approximate surface area is 185 Å². The lowest BCUT2D eigenvalue weighted by Crippen LogP contribution is -2.22. The fourth-order valence-corrected chi connectivity index (χ4v) is 3.02. The van der Waals surface area contributed by atoms with E-state index in [0.29, 0.717) is 23.6 Å². The van der Waals surface area contributed by atoms with Gasteiger partial charge < -0.3 is 15.4 Å². The van der Waals surface area contributed by atoms with Crippen molar-refractivity contribution in [2.45, 2.75) is 12.7 Å². The largest absolute Gasteiger partial charge is 0.497 e. The van der Waals surface area contributed by atoms with Crippen LogP contribution in [0.1, 0.15) is 5.56 Å². The smallest absolute Gasteiger partial charge is 0.405 e. The summed E-state index contributed by atoms with van der Waals surface area (Å²) in [4.78, 5) is 17.1. The van der Waals surface area contributed by atoms with Crippen molar-refractivity contribution in [3.05, 3.63) is 66.1 Å². The molecule has 0 radical (unpaired) electrons. The lowest BCUT2D eigenvalue weighted by Gasteiger charge is -2.13. The number of aromatic nitrogens is 4. The van der Waals surface area contributed by atoms with Gasteiger partial charge >= 0.3 is 6.18 Å². The first-order valence-corrected chi connectivity index (χ1v) is 9.79. The van der Waals surface area contributed by atoms with Crippen LogP contribution in [0, 0.1) is 5.82 Å². The van der Waals surface area contributed by atoms with Gasteiger partial charge in [0.1, 0.15) is 18.1 Å². The number of halogens is 4. The molecule has 0 aliphatic heterocycles. The predicted molar refractivity (Wildman–Crippen MR) is 115 cm³/mol. The quantitative estimate of drug-likeness (QED) is 0.384. The van der Waals surface area contributed by atoms with Gasteiger partial charge in [0.2, 0.25) is 5.95 Å². The molecule has 7 nitrogen and oxygen atoms in total. The van der Waals surface area contributed by atoms with Gasteiger partial charge in [-0.3, -0.25) is 0 Å². The molecule has 4 aromatic rings. The third-order valence-electron chi connectivity index (χ3n) is 4.59. The Bertz CT molecular complexity index is 1260. The predicted octanol–water partition coefficient (Wildman–Crippen LogP) is 4.82. The van der Waals surface area contributed by atoms with Gasteiger partial charge in [0.25, 0.3) is 0 Å². The molecule has 0 aliphatic rings. The van der Waals surface area contributed by atoms with Crippen LogP contribution in [0.15, 0.2) is 54.7 Å². The van der Waals surface area contributed by atoms with Crippen molar-refractivity contribution in [2.24, 2.45) is 0 Å². The standard InChI is InChI=1S/C22H18F4N6O/c1-33-16-4-2-3-13(9-16)10-28-21-31-19-18(20(32-21)29-12-22(24,25)26)30-17(11-27-19)14-5-7-15(23)8-6-14/h2-9,11H,10,12H2,1H3,(H2,27,28,29,31,32). The average Bonchev–Trinajstić information content (AvgIpc) is 2.81. The van der Waals surface area contributed by atoms with Crippen LogP contribution in [0.2, 0.25) is 0 Å². The van der Waals surface area contributed by atoms with Crippen molar-refractivity contribution in [1.82, 2.24) is 19.9 Å². The van der Waals surface area contributed by atoms with Gasteiger partial charge in [0.05, 0.1) is 19.0 Å². The molecule has 0 spiro atoms.